The van der Waals surface area contributed by atoms with Crippen molar-refractivity contribution in [3.63, 3.8) is 0 Å². The van der Waals surface area contributed by atoms with E-state index in [1.165, 1.54) is 11.3 Å². The molecule has 5 nitrogen and oxygen atoms in total. The summed E-state index contributed by atoms with van der Waals surface area (Å²) < 4.78 is 2.25. The number of rotatable bonds is 6. The van der Waals surface area contributed by atoms with Gasteiger partial charge in [-0.05, 0) is 25.0 Å². The molecule has 0 amide bonds. The molecule has 1 aliphatic rings. The molecule has 0 spiro atoms. The molecule has 2 heterocycles. The summed E-state index contributed by atoms with van der Waals surface area (Å²) in [6.45, 7) is 10.7. The molecule has 130 valence electrons. The van der Waals surface area contributed by atoms with Crippen LogP contribution in [0.1, 0.15) is 36.7 Å². The lowest BCUT2D eigenvalue weighted by molar-refractivity contribution is 0.119. The molecule has 0 saturated carbocycles. The van der Waals surface area contributed by atoms with Crippen molar-refractivity contribution in [2.75, 3.05) is 26.2 Å². The highest BCUT2D eigenvalue weighted by atomic mass is 16.3. The number of aromatic nitrogens is 2. The van der Waals surface area contributed by atoms with E-state index in [9.17, 15) is 5.11 Å². The predicted octanol–water partition coefficient (Wildman–Crippen LogP) is 2.27. The van der Waals surface area contributed by atoms with E-state index < -0.39 is 0 Å². The number of nitrogens with zero attached hydrogens (tertiary/aromatic N) is 4. The van der Waals surface area contributed by atoms with Crippen molar-refractivity contribution in [3.05, 3.63) is 53.6 Å². The average Bonchev–Trinajstić information content (AvgIpc) is 3.05. The van der Waals surface area contributed by atoms with E-state index >= 15 is 0 Å². The summed E-state index contributed by atoms with van der Waals surface area (Å²) in [6, 6.07) is 8.64. The monoisotopic (exact) mass is 328 g/mol. The number of hydrogen-bond acceptors (Lipinski definition) is 4. The molecule has 1 aliphatic heterocycles. The molecule has 0 radical (unpaired) electrons. The van der Waals surface area contributed by atoms with Crippen LogP contribution in [-0.2, 0) is 19.7 Å². The minimum Gasteiger partial charge on any atom is -0.392 e. The van der Waals surface area contributed by atoms with Gasteiger partial charge in [-0.2, -0.15) is 0 Å². The van der Waals surface area contributed by atoms with Gasteiger partial charge in [0.25, 0.3) is 0 Å². The molecule has 24 heavy (non-hydrogen) atoms. The van der Waals surface area contributed by atoms with Crippen LogP contribution >= 0.6 is 0 Å². The van der Waals surface area contributed by atoms with E-state index in [2.05, 4.69) is 45.3 Å². The van der Waals surface area contributed by atoms with Crippen LogP contribution < -0.4 is 0 Å². The maximum absolute atomic E-state index is 9.47. The highest BCUT2D eigenvalue weighted by Crippen LogP contribution is 2.16. The van der Waals surface area contributed by atoms with Crippen molar-refractivity contribution in [1.82, 2.24) is 19.4 Å². The number of hydrogen-bond donors (Lipinski definition) is 1. The molecule has 1 saturated heterocycles. The second kappa shape index (κ2) is 7.92. The van der Waals surface area contributed by atoms with Crippen LogP contribution in [0.3, 0.4) is 0 Å². The van der Waals surface area contributed by atoms with Gasteiger partial charge in [-0.1, -0.05) is 24.3 Å². The molecular formula is C19H28N4O. The first-order chi connectivity index (χ1) is 11.7. The van der Waals surface area contributed by atoms with Gasteiger partial charge in [0, 0.05) is 51.5 Å². The maximum Gasteiger partial charge on any atom is 0.0951 e. The van der Waals surface area contributed by atoms with Crippen molar-refractivity contribution in [2.45, 2.75) is 39.6 Å². The van der Waals surface area contributed by atoms with Gasteiger partial charge in [-0.25, -0.2) is 4.98 Å². The molecule has 3 rings (SSSR count). The van der Waals surface area contributed by atoms with Crippen molar-refractivity contribution >= 4 is 0 Å². The van der Waals surface area contributed by atoms with Gasteiger partial charge in [0.1, 0.15) is 0 Å². The number of piperazine rings is 1. The standard InChI is InChI=1S/C19H28N4O/c1-16(2)23-15-20-11-19(23)13-22-9-7-21(8-10-22)12-17-5-3-4-6-18(17)14-24/h3-6,11,15-16,24H,7-10,12-14H2,1-2H3. The predicted molar refractivity (Wildman–Crippen MR) is 95.5 cm³/mol. The van der Waals surface area contributed by atoms with Crippen LogP contribution in [0.25, 0.3) is 0 Å². The average molecular weight is 328 g/mol. The van der Waals surface area contributed by atoms with Crippen LogP contribution in [0.5, 0.6) is 0 Å². The fourth-order valence-corrected chi connectivity index (χ4v) is 3.36. The first kappa shape index (κ1) is 17.1. The number of aliphatic hydroxyl groups is 1. The Kier molecular flexibility index (Phi) is 5.66. The summed E-state index contributed by atoms with van der Waals surface area (Å²) >= 11 is 0. The van der Waals surface area contributed by atoms with Crippen molar-refractivity contribution in [1.29, 1.82) is 0 Å². The zero-order valence-electron chi connectivity index (χ0n) is 14.7. The van der Waals surface area contributed by atoms with E-state index in [1.54, 1.807) is 0 Å². The van der Waals surface area contributed by atoms with Gasteiger partial charge in [-0.3, -0.25) is 9.80 Å². The first-order valence-electron chi connectivity index (χ1n) is 8.80. The van der Waals surface area contributed by atoms with Gasteiger partial charge < -0.3 is 9.67 Å². The van der Waals surface area contributed by atoms with Gasteiger partial charge in [-0.15, -0.1) is 0 Å². The van der Waals surface area contributed by atoms with Crippen molar-refractivity contribution < 1.29 is 5.11 Å². The lowest BCUT2D eigenvalue weighted by atomic mass is 10.1. The highest BCUT2D eigenvalue weighted by molar-refractivity contribution is 5.26. The molecule has 1 fully saturated rings. The molecule has 0 bridgehead atoms. The lowest BCUT2D eigenvalue weighted by Gasteiger charge is -2.35. The molecule has 5 heteroatoms. The topological polar surface area (TPSA) is 44.5 Å². The molecular weight excluding hydrogens is 300 g/mol. The summed E-state index contributed by atoms with van der Waals surface area (Å²) in [5, 5.41) is 9.47. The quantitative estimate of drug-likeness (QED) is 0.883. The Morgan fingerprint density at radius 2 is 1.62 bits per heavy atom. The number of benzene rings is 1. The van der Waals surface area contributed by atoms with E-state index in [1.807, 2.05) is 24.7 Å². The fourth-order valence-electron chi connectivity index (χ4n) is 3.36. The summed E-state index contributed by atoms with van der Waals surface area (Å²) in [6.07, 6.45) is 3.92. The Bertz CT molecular complexity index is 644. The van der Waals surface area contributed by atoms with Crippen molar-refractivity contribution in [2.24, 2.45) is 0 Å². The van der Waals surface area contributed by atoms with E-state index in [-0.39, 0.29) is 6.61 Å². The Hall–Kier alpha value is -1.69. The zero-order chi connectivity index (χ0) is 16.9. The van der Waals surface area contributed by atoms with Gasteiger partial charge >= 0.3 is 0 Å². The molecule has 0 unspecified atom stereocenters. The minimum absolute atomic E-state index is 0.120. The molecule has 2 aromatic rings. The third-order valence-corrected chi connectivity index (χ3v) is 4.84. The summed E-state index contributed by atoms with van der Waals surface area (Å²) in [5.41, 5.74) is 3.58. The molecule has 1 N–H and O–H groups in total. The molecule has 0 aliphatic carbocycles. The normalized spacial score (nSPS) is 16.8. The molecule has 1 aromatic heterocycles. The van der Waals surface area contributed by atoms with E-state index in [4.69, 9.17) is 0 Å². The second-order valence-corrected chi connectivity index (χ2v) is 6.87. The van der Waals surface area contributed by atoms with E-state index in [0.29, 0.717) is 6.04 Å². The second-order valence-electron chi connectivity index (χ2n) is 6.87. The number of aliphatic hydroxyl groups excluding tert-OH is 1. The Labute approximate surface area is 144 Å². The van der Waals surface area contributed by atoms with E-state index in [0.717, 1.165) is 44.8 Å². The lowest BCUT2D eigenvalue weighted by Crippen LogP contribution is -2.45. The van der Waals surface area contributed by atoms with Gasteiger partial charge in [0.05, 0.1) is 18.6 Å². The Morgan fingerprint density at radius 1 is 1.00 bits per heavy atom. The third kappa shape index (κ3) is 4.04. The third-order valence-electron chi connectivity index (χ3n) is 4.84. The van der Waals surface area contributed by atoms with Gasteiger partial charge in [0.2, 0.25) is 0 Å². The minimum atomic E-state index is 0.120. The fraction of sp³-hybridized carbons (Fsp3) is 0.526. The van der Waals surface area contributed by atoms with Crippen LogP contribution in [-0.4, -0.2) is 50.6 Å². The number of imidazole rings is 1. The van der Waals surface area contributed by atoms with Gasteiger partial charge in [0.15, 0.2) is 0 Å². The van der Waals surface area contributed by atoms with Crippen LogP contribution in [0.15, 0.2) is 36.8 Å². The summed E-state index contributed by atoms with van der Waals surface area (Å²) in [7, 11) is 0. The molecule has 1 aromatic carbocycles. The van der Waals surface area contributed by atoms with Crippen LogP contribution in [0.2, 0.25) is 0 Å². The van der Waals surface area contributed by atoms with Crippen LogP contribution in [0.4, 0.5) is 0 Å². The summed E-state index contributed by atoms with van der Waals surface area (Å²) in [5.74, 6) is 0. The maximum atomic E-state index is 9.47. The largest absolute Gasteiger partial charge is 0.392 e. The summed E-state index contributed by atoms with van der Waals surface area (Å²) in [4.78, 5) is 9.28. The SMILES string of the molecule is CC(C)n1cncc1CN1CCN(Cc2ccccc2CO)CC1. The van der Waals surface area contributed by atoms with Crippen LogP contribution in [0, 0.1) is 0 Å². The first-order valence-corrected chi connectivity index (χ1v) is 8.80. The smallest absolute Gasteiger partial charge is 0.0951 e. The zero-order valence-corrected chi connectivity index (χ0v) is 14.7. The highest BCUT2D eigenvalue weighted by Gasteiger charge is 2.19. The molecule has 0 atom stereocenters. The Morgan fingerprint density at radius 3 is 2.25 bits per heavy atom. The Balaban J connectivity index is 1.53. The van der Waals surface area contributed by atoms with Crippen molar-refractivity contribution in [3.8, 4) is 0 Å².